The topological polar surface area (TPSA) is 37.2 Å². The van der Waals surface area contributed by atoms with Crippen molar-refractivity contribution in [3.63, 3.8) is 0 Å². The van der Waals surface area contributed by atoms with Crippen LogP contribution in [0.4, 0.5) is 5.69 Å². The quantitative estimate of drug-likeness (QED) is 0.666. The highest BCUT2D eigenvalue weighted by atomic mass is 15.2. The molecule has 142 valence electrons. The van der Waals surface area contributed by atoms with E-state index in [-0.39, 0.29) is 0 Å². The Morgan fingerprint density at radius 1 is 1.15 bits per heavy atom. The van der Waals surface area contributed by atoms with E-state index in [4.69, 9.17) is 4.98 Å². The van der Waals surface area contributed by atoms with Gasteiger partial charge >= 0.3 is 0 Å². The summed E-state index contributed by atoms with van der Waals surface area (Å²) in [5.41, 5.74) is 4.69. The zero-order valence-electron chi connectivity index (χ0n) is 16.6. The van der Waals surface area contributed by atoms with Gasteiger partial charge in [0.2, 0.25) is 0 Å². The lowest BCUT2D eigenvalue weighted by Crippen LogP contribution is -2.20. The molecule has 0 amide bonds. The lowest BCUT2D eigenvalue weighted by molar-refractivity contribution is 0.325. The van der Waals surface area contributed by atoms with Crippen LogP contribution in [0.15, 0.2) is 42.6 Å². The molecule has 0 unspecified atom stereocenters. The minimum Gasteiger partial charge on any atom is -0.378 e. The maximum atomic E-state index is 4.95. The van der Waals surface area contributed by atoms with Crippen molar-refractivity contribution < 1.29 is 0 Å². The number of benzene rings is 1. The van der Waals surface area contributed by atoms with Gasteiger partial charge in [0.15, 0.2) is 5.65 Å². The molecule has 1 aromatic carbocycles. The van der Waals surface area contributed by atoms with E-state index in [0.717, 1.165) is 43.8 Å². The van der Waals surface area contributed by atoms with Crippen LogP contribution in [0.3, 0.4) is 0 Å². The third-order valence-electron chi connectivity index (χ3n) is 5.48. The first-order valence-corrected chi connectivity index (χ1v) is 9.95. The van der Waals surface area contributed by atoms with Crippen LogP contribution in [-0.2, 0) is 13.1 Å². The van der Waals surface area contributed by atoms with Crippen LogP contribution in [0.1, 0.15) is 37.1 Å². The molecule has 3 aromatic rings. The number of pyridine rings is 1. The predicted octanol–water partition coefficient (Wildman–Crippen LogP) is 3.90. The molecule has 1 atom stereocenters. The summed E-state index contributed by atoms with van der Waals surface area (Å²) >= 11 is 0. The van der Waals surface area contributed by atoms with Gasteiger partial charge in [0.25, 0.3) is 0 Å². The molecule has 4 rings (SSSR count). The molecule has 3 heterocycles. The van der Waals surface area contributed by atoms with Crippen LogP contribution in [0.5, 0.6) is 0 Å². The van der Waals surface area contributed by atoms with E-state index < -0.39 is 0 Å². The summed E-state index contributed by atoms with van der Waals surface area (Å²) in [6.07, 6.45) is 4.14. The van der Waals surface area contributed by atoms with Gasteiger partial charge in [0.1, 0.15) is 11.3 Å². The SMILES string of the molecule is CCCn1c([C@H]2CCN(Cc3ccc(N(C)C)cc3)C2)nc2cccnc21. The van der Waals surface area contributed by atoms with Crippen molar-refractivity contribution >= 4 is 16.9 Å². The third kappa shape index (κ3) is 3.69. The molecule has 0 aliphatic carbocycles. The molecule has 0 bridgehead atoms. The van der Waals surface area contributed by atoms with Crippen molar-refractivity contribution in [2.75, 3.05) is 32.1 Å². The first-order chi connectivity index (χ1) is 13.2. The summed E-state index contributed by atoms with van der Waals surface area (Å²) in [6.45, 7) is 6.42. The standard InChI is InChI=1S/C22H29N5/c1-4-13-27-21(24-20-6-5-12-23-22(20)27)18-11-14-26(16-18)15-17-7-9-19(10-8-17)25(2)3/h5-10,12,18H,4,11,13-16H2,1-3H3/t18-/m0/s1. The normalized spacial score (nSPS) is 17.7. The number of anilines is 1. The number of hydrogen-bond donors (Lipinski definition) is 0. The number of hydrogen-bond acceptors (Lipinski definition) is 4. The van der Waals surface area contributed by atoms with Crippen molar-refractivity contribution in [3.8, 4) is 0 Å². The van der Waals surface area contributed by atoms with E-state index in [1.165, 1.54) is 23.5 Å². The van der Waals surface area contributed by atoms with E-state index in [9.17, 15) is 0 Å². The number of likely N-dealkylation sites (tertiary alicyclic amines) is 1. The van der Waals surface area contributed by atoms with Crippen LogP contribution >= 0.6 is 0 Å². The molecule has 5 nitrogen and oxygen atoms in total. The van der Waals surface area contributed by atoms with Crippen LogP contribution in [-0.4, -0.2) is 46.6 Å². The molecule has 0 saturated carbocycles. The molecule has 0 N–H and O–H groups in total. The predicted molar refractivity (Wildman–Crippen MR) is 111 cm³/mol. The minimum atomic E-state index is 0.492. The number of fused-ring (bicyclic) bond motifs is 1. The summed E-state index contributed by atoms with van der Waals surface area (Å²) in [5.74, 6) is 1.71. The number of imidazole rings is 1. The molecule has 0 radical (unpaired) electrons. The summed E-state index contributed by atoms with van der Waals surface area (Å²) < 4.78 is 2.34. The Balaban J connectivity index is 1.49. The summed E-state index contributed by atoms with van der Waals surface area (Å²) in [5, 5.41) is 0. The van der Waals surface area contributed by atoms with E-state index >= 15 is 0 Å². The monoisotopic (exact) mass is 363 g/mol. The molecule has 27 heavy (non-hydrogen) atoms. The Hall–Kier alpha value is -2.40. The second-order valence-corrected chi connectivity index (χ2v) is 7.75. The fourth-order valence-corrected chi connectivity index (χ4v) is 4.08. The van der Waals surface area contributed by atoms with Crippen molar-refractivity contribution in [1.29, 1.82) is 0 Å². The fourth-order valence-electron chi connectivity index (χ4n) is 4.08. The highest BCUT2D eigenvalue weighted by Gasteiger charge is 2.28. The number of aryl methyl sites for hydroxylation is 1. The van der Waals surface area contributed by atoms with Gasteiger partial charge in [-0.25, -0.2) is 9.97 Å². The average molecular weight is 364 g/mol. The van der Waals surface area contributed by atoms with Gasteiger partial charge < -0.3 is 9.47 Å². The van der Waals surface area contributed by atoms with Crippen LogP contribution in [0, 0.1) is 0 Å². The van der Waals surface area contributed by atoms with Crippen molar-refractivity contribution in [3.05, 3.63) is 54.0 Å². The largest absolute Gasteiger partial charge is 0.378 e. The Morgan fingerprint density at radius 3 is 2.70 bits per heavy atom. The summed E-state index contributed by atoms with van der Waals surface area (Å²) in [4.78, 5) is 14.2. The minimum absolute atomic E-state index is 0.492. The van der Waals surface area contributed by atoms with Crippen LogP contribution < -0.4 is 4.90 Å². The highest BCUT2D eigenvalue weighted by molar-refractivity contribution is 5.71. The molecule has 0 spiro atoms. The Bertz CT molecular complexity index is 897. The zero-order valence-corrected chi connectivity index (χ0v) is 16.6. The van der Waals surface area contributed by atoms with E-state index in [1.54, 1.807) is 0 Å². The van der Waals surface area contributed by atoms with E-state index in [2.05, 4.69) is 70.7 Å². The Kier molecular flexibility index (Phi) is 5.12. The smallest absolute Gasteiger partial charge is 0.159 e. The third-order valence-corrected chi connectivity index (χ3v) is 5.48. The molecule has 5 heteroatoms. The second kappa shape index (κ2) is 7.69. The first kappa shape index (κ1) is 18.0. The van der Waals surface area contributed by atoms with Gasteiger partial charge in [0.05, 0.1) is 0 Å². The molecular formula is C22H29N5. The summed E-state index contributed by atoms with van der Waals surface area (Å²) in [7, 11) is 4.16. The van der Waals surface area contributed by atoms with Gasteiger partial charge in [-0.1, -0.05) is 19.1 Å². The van der Waals surface area contributed by atoms with Crippen LogP contribution in [0.25, 0.3) is 11.2 Å². The van der Waals surface area contributed by atoms with Gasteiger partial charge in [-0.15, -0.1) is 0 Å². The van der Waals surface area contributed by atoms with Crippen LogP contribution in [0.2, 0.25) is 0 Å². The van der Waals surface area contributed by atoms with Gasteiger partial charge in [-0.05, 0) is 49.2 Å². The molecule has 1 fully saturated rings. The molecule has 1 saturated heterocycles. The van der Waals surface area contributed by atoms with Gasteiger partial charge in [-0.3, -0.25) is 4.90 Å². The first-order valence-electron chi connectivity index (χ1n) is 9.95. The number of nitrogens with zero attached hydrogens (tertiary/aromatic N) is 5. The highest BCUT2D eigenvalue weighted by Crippen LogP contribution is 2.30. The van der Waals surface area contributed by atoms with E-state index in [0.29, 0.717) is 5.92 Å². The zero-order chi connectivity index (χ0) is 18.8. The molecule has 1 aliphatic heterocycles. The Labute approximate surface area is 161 Å². The second-order valence-electron chi connectivity index (χ2n) is 7.75. The van der Waals surface area contributed by atoms with Gasteiger partial charge in [0, 0.05) is 51.5 Å². The lowest BCUT2D eigenvalue weighted by atomic mass is 10.1. The molecule has 2 aromatic heterocycles. The number of rotatable bonds is 6. The molecule has 1 aliphatic rings. The maximum Gasteiger partial charge on any atom is 0.159 e. The lowest BCUT2D eigenvalue weighted by Gasteiger charge is -2.18. The average Bonchev–Trinajstić information content (AvgIpc) is 3.27. The number of aromatic nitrogens is 3. The van der Waals surface area contributed by atoms with Crippen molar-refractivity contribution in [1.82, 2.24) is 19.4 Å². The molecular weight excluding hydrogens is 334 g/mol. The van der Waals surface area contributed by atoms with Gasteiger partial charge in [-0.2, -0.15) is 0 Å². The van der Waals surface area contributed by atoms with Crippen molar-refractivity contribution in [2.24, 2.45) is 0 Å². The maximum absolute atomic E-state index is 4.95. The van der Waals surface area contributed by atoms with E-state index in [1.807, 2.05) is 12.3 Å². The Morgan fingerprint density at radius 2 is 1.96 bits per heavy atom. The summed E-state index contributed by atoms with van der Waals surface area (Å²) in [6, 6.07) is 13.0. The fraction of sp³-hybridized carbons (Fsp3) is 0.455. The van der Waals surface area contributed by atoms with Crippen molar-refractivity contribution in [2.45, 2.75) is 38.8 Å².